The molecule has 0 atom stereocenters. The quantitative estimate of drug-likeness (QED) is 0.666. The third-order valence-corrected chi connectivity index (χ3v) is 5.44. The average Bonchev–Trinajstić information content (AvgIpc) is 2.52. The second-order valence-corrected chi connectivity index (χ2v) is 6.80. The maximum absolute atomic E-state index is 12.3. The van der Waals surface area contributed by atoms with Crippen molar-refractivity contribution in [2.24, 2.45) is 5.73 Å². The molecule has 7 heteroatoms. The highest BCUT2D eigenvalue weighted by Crippen LogP contribution is 2.16. The first-order chi connectivity index (χ1) is 10.5. The summed E-state index contributed by atoms with van der Waals surface area (Å²) in [4.78, 5) is 12.1. The van der Waals surface area contributed by atoms with Crippen LogP contribution in [0, 0.1) is 0 Å². The molecule has 1 amide bonds. The Labute approximate surface area is 132 Å². The summed E-state index contributed by atoms with van der Waals surface area (Å²) >= 11 is 0. The first kappa shape index (κ1) is 18.6. The van der Waals surface area contributed by atoms with E-state index < -0.39 is 10.0 Å². The molecule has 0 aliphatic heterocycles. The number of hydrogen-bond donors (Lipinski definition) is 2. The molecule has 0 saturated carbocycles. The number of sulfonamides is 1. The molecule has 0 aromatic heterocycles. The van der Waals surface area contributed by atoms with Crippen LogP contribution in [0.1, 0.15) is 37.0 Å². The average molecular weight is 327 g/mol. The summed E-state index contributed by atoms with van der Waals surface area (Å²) in [5.41, 5.74) is 5.84. The maximum Gasteiger partial charge on any atom is 0.251 e. The summed E-state index contributed by atoms with van der Waals surface area (Å²) < 4.78 is 26.1. The van der Waals surface area contributed by atoms with Crippen LogP contribution in [0.15, 0.2) is 29.2 Å². The lowest BCUT2D eigenvalue weighted by Crippen LogP contribution is -2.30. The topological polar surface area (TPSA) is 92.5 Å². The van der Waals surface area contributed by atoms with Gasteiger partial charge in [-0.2, -0.15) is 4.31 Å². The van der Waals surface area contributed by atoms with Crippen LogP contribution in [0.4, 0.5) is 0 Å². The van der Waals surface area contributed by atoms with E-state index in [9.17, 15) is 13.2 Å². The normalized spacial score (nSPS) is 11.6. The molecule has 1 rings (SSSR count). The van der Waals surface area contributed by atoms with Crippen molar-refractivity contribution in [3.8, 4) is 0 Å². The minimum absolute atomic E-state index is 0.205. The Morgan fingerprint density at radius 3 is 2.23 bits per heavy atom. The third kappa shape index (κ3) is 4.79. The first-order valence-electron chi connectivity index (χ1n) is 7.55. The van der Waals surface area contributed by atoms with E-state index in [4.69, 9.17) is 5.73 Å². The van der Waals surface area contributed by atoms with Gasteiger partial charge in [-0.3, -0.25) is 4.79 Å². The summed E-state index contributed by atoms with van der Waals surface area (Å²) in [6.45, 7) is 5.60. The molecule has 0 radical (unpaired) electrons. The van der Waals surface area contributed by atoms with Crippen molar-refractivity contribution in [3.05, 3.63) is 29.8 Å². The van der Waals surface area contributed by atoms with Crippen LogP contribution in [0.25, 0.3) is 0 Å². The van der Waals surface area contributed by atoms with Gasteiger partial charge >= 0.3 is 0 Å². The van der Waals surface area contributed by atoms with Crippen LogP contribution in [-0.4, -0.2) is 44.8 Å². The standard InChI is InChI=1S/C15H25N3O3S/c1-3-18(4-2)22(20,21)14-9-7-13(8-10-14)15(19)17-12-6-5-11-16/h7-10H,3-6,11-12,16H2,1-2H3,(H,17,19). The Balaban J connectivity index is 2.76. The Kier molecular flexibility index (Phi) is 7.50. The maximum atomic E-state index is 12.3. The van der Waals surface area contributed by atoms with Gasteiger partial charge < -0.3 is 11.1 Å². The van der Waals surface area contributed by atoms with Crippen molar-refractivity contribution in [3.63, 3.8) is 0 Å². The van der Waals surface area contributed by atoms with Gasteiger partial charge in [-0.15, -0.1) is 0 Å². The molecule has 0 aliphatic carbocycles. The molecule has 0 saturated heterocycles. The van der Waals surface area contributed by atoms with Crippen molar-refractivity contribution >= 4 is 15.9 Å². The van der Waals surface area contributed by atoms with Crippen molar-refractivity contribution in [1.29, 1.82) is 0 Å². The zero-order chi connectivity index (χ0) is 16.6. The molecule has 3 N–H and O–H groups in total. The number of benzene rings is 1. The van der Waals surface area contributed by atoms with E-state index in [1.54, 1.807) is 13.8 Å². The number of hydrogen-bond acceptors (Lipinski definition) is 4. The fraction of sp³-hybridized carbons (Fsp3) is 0.533. The van der Waals surface area contributed by atoms with E-state index >= 15 is 0 Å². The molecule has 124 valence electrons. The van der Waals surface area contributed by atoms with Crippen LogP contribution in [-0.2, 0) is 10.0 Å². The Hall–Kier alpha value is -1.44. The lowest BCUT2D eigenvalue weighted by Gasteiger charge is -2.18. The van der Waals surface area contributed by atoms with Gasteiger partial charge in [0.15, 0.2) is 0 Å². The van der Waals surface area contributed by atoms with Gasteiger partial charge in [0, 0.05) is 25.2 Å². The number of rotatable bonds is 9. The lowest BCUT2D eigenvalue weighted by molar-refractivity contribution is 0.0953. The minimum atomic E-state index is -3.48. The second kappa shape index (κ2) is 8.87. The molecule has 22 heavy (non-hydrogen) atoms. The van der Waals surface area contributed by atoms with Gasteiger partial charge in [0.05, 0.1) is 4.90 Å². The van der Waals surface area contributed by atoms with Gasteiger partial charge in [0.2, 0.25) is 10.0 Å². The second-order valence-electron chi connectivity index (χ2n) is 4.87. The van der Waals surface area contributed by atoms with E-state index in [1.165, 1.54) is 28.6 Å². The SMILES string of the molecule is CCN(CC)S(=O)(=O)c1ccc(C(=O)NCCCCN)cc1. The Morgan fingerprint density at radius 2 is 1.73 bits per heavy atom. The zero-order valence-electron chi connectivity index (χ0n) is 13.2. The van der Waals surface area contributed by atoms with E-state index in [1.807, 2.05) is 0 Å². The molecule has 0 bridgehead atoms. The minimum Gasteiger partial charge on any atom is -0.352 e. The van der Waals surface area contributed by atoms with Gasteiger partial charge in [0.1, 0.15) is 0 Å². The molecule has 0 unspecified atom stereocenters. The van der Waals surface area contributed by atoms with E-state index in [0.29, 0.717) is 31.7 Å². The molecular formula is C15H25N3O3S. The highest BCUT2D eigenvalue weighted by molar-refractivity contribution is 7.89. The largest absolute Gasteiger partial charge is 0.352 e. The van der Waals surface area contributed by atoms with Gasteiger partial charge in [0.25, 0.3) is 5.91 Å². The number of amides is 1. The molecule has 0 spiro atoms. The number of nitrogens with one attached hydrogen (secondary N) is 1. The van der Waals surface area contributed by atoms with E-state index in [-0.39, 0.29) is 10.8 Å². The summed E-state index contributed by atoms with van der Waals surface area (Å²) in [7, 11) is -3.48. The lowest BCUT2D eigenvalue weighted by atomic mass is 10.2. The summed E-state index contributed by atoms with van der Waals surface area (Å²) in [6, 6.07) is 6.02. The van der Waals surface area contributed by atoms with Crippen LogP contribution in [0.2, 0.25) is 0 Å². The number of nitrogens with zero attached hydrogens (tertiary/aromatic N) is 1. The smallest absolute Gasteiger partial charge is 0.251 e. The summed E-state index contributed by atoms with van der Waals surface area (Å²) in [5, 5.41) is 2.78. The van der Waals surface area contributed by atoms with Crippen LogP contribution in [0.3, 0.4) is 0 Å². The van der Waals surface area contributed by atoms with Crippen molar-refractivity contribution < 1.29 is 13.2 Å². The Morgan fingerprint density at radius 1 is 1.14 bits per heavy atom. The molecule has 0 heterocycles. The number of carbonyl (C=O) groups excluding carboxylic acids is 1. The third-order valence-electron chi connectivity index (χ3n) is 3.38. The first-order valence-corrected chi connectivity index (χ1v) is 8.99. The van der Waals surface area contributed by atoms with Crippen molar-refractivity contribution in [1.82, 2.24) is 9.62 Å². The highest BCUT2D eigenvalue weighted by Gasteiger charge is 2.21. The molecule has 0 aliphatic rings. The molecule has 0 fully saturated rings. The summed E-state index contributed by atoms with van der Waals surface area (Å²) in [5.74, 6) is -0.205. The summed E-state index contributed by atoms with van der Waals surface area (Å²) in [6.07, 6.45) is 1.69. The molecule has 6 nitrogen and oxygen atoms in total. The predicted molar refractivity (Wildman–Crippen MR) is 87.2 cm³/mol. The van der Waals surface area contributed by atoms with Crippen LogP contribution >= 0.6 is 0 Å². The van der Waals surface area contributed by atoms with Gasteiger partial charge in [-0.05, 0) is 43.7 Å². The Bertz CT molecular complexity index is 566. The number of nitrogens with two attached hydrogens (primary N) is 1. The number of unbranched alkanes of at least 4 members (excludes halogenated alkanes) is 1. The molecular weight excluding hydrogens is 302 g/mol. The van der Waals surface area contributed by atoms with Crippen molar-refractivity contribution in [2.45, 2.75) is 31.6 Å². The van der Waals surface area contributed by atoms with Gasteiger partial charge in [-0.25, -0.2) is 8.42 Å². The monoisotopic (exact) mass is 327 g/mol. The van der Waals surface area contributed by atoms with Crippen LogP contribution < -0.4 is 11.1 Å². The highest BCUT2D eigenvalue weighted by atomic mass is 32.2. The van der Waals surface area contributed by atoms with E-state index in [2.05, 4.69) is 5.32 Å². The zero-order valence-corrected chi connectivity index (χ0v) is 14.0. The van der Waals surface area contributed by atoms with Crippen molar-refractivity contribution in [2.75, 3.05) is 26.2 Å². The fourth-order valence-electron chi connectivity index (χ4n) is 2.06. The molecule has 1 aromatic carbocycles. The van der Waals surface area contributed by atoms with E-state index in [0.717, 1.165) is 12.8 Å². The molecule has 1 aromatic rings. The van der Waals surface area contributed by atoms with Gasteiger partial charge in [-0.1, -0.05) is 13.8 Å². The predicted octanol–water partition coefficient (Wildman–Crippen LogP) is 1.19. The fourth-order valence-corrected chi connectivity index (χ4v) is 3.52. The number of carbonyl (C=O) groups is 1. The van der Waals surface area contributed by atoms with Crippen LogP contribution in [0.5, 0.6) is 0 Å².